The van der Waals surface area contributed by atoms with Gasteiger partial charge in [0, 0.05) is 12.5 Å². The van der Waals surface area contributed by atoms with Crippen LogP contribution < -0.4 is 4.74 Å². The van der Waals surface area contributed by atoms with Crippen molar-refractivity contribution in [1.82, 2.24) is 0 Å². The van der Waals surface area contributed by atoms with Gasteiger partial charge < -0.3 is 9.47 Å². The summed E-state index contributed by atoms with van der Waals surface area (Å²) in [6, 6.07) is 6.95. The molecular formula is C16H20O4. The maximum atomic E-state index is 11.5. The quantitative estimate of drug-likeness (QED) is 0.331. The Kier molecular flexibility index (Phi) is 7.11. The molecular weight excluding hydrogens is 256 g/mol. The Morgan fingerprint density at radius 1 is 1.15 bits per heavy atom. The first kappa shape index (κ1) is 16.0. The van der Waals surface area contributed by atoms with Crippen LogP contribution in [0.25, 0.3) is 6.08 Å². The van der Waals surface area contributed by atoms with Gasteiger partial charge in [0.25, 0.3) is 0 Å². The van der Waals surface area contributed by atoms with Gasteiger partial charge in [0.05, 0.1) is 7.11 Å². The number of carbonyl (C=O) groups is 2. The Labute approximate surface area is 119 Å². The summed E-state index contributed by atoms with van der Waals surface area (Å²) in [6.45, 7) is 2.09. The van der Waals surface area contributed by atoms with E-state index in [0.717, 1.165) is 24.8 Å². The van der Waals surface area contributed by atoms with E-state index in [2.05, 4.69) is 11.7 Å². The predicted molar refractivity (Wildman–Crippen MR) is 77.3 cm³/mol. The molecule has 108 valence electrons. The average Bonchev–Trinajstić information content (AvgIpc) is 2.46. The van der Waals surface area contributed by atoms with Crippen LogP contribution in [0.4, 0.5) is 0 Å². The predicted octanol–water partition coefficient (Wildman–Crippen LogP) is 3.36. The smallest absolute Gasteiger partial charge is 0.330 e. The molecule has 0 bridgehead atoms. The van der Waals surface area contributed by atoms with E-state index in [0.29, 0.717) is 12.2 Å². The zero-order valence-electron chi connectivity index (χ0n) is 11.9. The van der Waals surface area contributed by atoms with Crippen LogP contribution in [-0.2, 0) is 14.3 Å². The van der Waals surface area contributed by atoms with Gasteiger partial charge in [0.2, 0.25) is 0 Å². The average molecular weight is 276 g/mol. The number of esters is 2. The number of carbonyl (C=O) groups excluding carboxylic acids is 2. The maximum Gasteiger partial charge on any atom is 0.330 e. The second-order valence-corrected chi connectivity index (χ2v) is 4.36. The van der Waals surface area contributed by atoms with Gasteiger partial charge in [-0.3, -0.25) is 4.79 Å². The molecule has 1 rings (SSSR count). The molecule has 0 fully saturated rings. The zero-order valence-corrected chi connectivity index (χ0v) is 11.9. The van der Waals surface area contributed by atoms with Crippen molar-refractivity contribution in [3.8, 4) is 5.75 Å². The molecule has 0 aliphatic carbocycles. The highest BCUT2D eigenvalue weighted by atomic mass is 16.5. The van der Waals surface area contributed by atoms with Crippen LogP contribution in [0.15, 0.2) is 30.3 Å². The van der Waals surface area contributed by atoms with Gasteiger partial charge in [-0.25, -0.2) is 4.79 Å². The molecule has 0 N–H and O–H groups in total. The molecule has 0 spiro atoms. The normalized spacial score (nSPS) is 10.5. The van der Waals surface area contributed by atoms with Gasteiger partial charge in [-0.15, -0.1) is 0 Å². The molecule has 0 saturated carbocycles. The molecule has 1 aromatic rings. The minimum absolute atomic E-state index is 0.212. The third-order valence-corrected chi connectivity index (χ3v) is 2.71. The highest BCUT2D eigenvalue weighted by Crippen LogP contribution is 2.14. The van der Waals surface area contributed by atoms with Gasteiger partial charge in [0.1, 0.15) is 5.75 Å². The van der Waals surface area contributed by atoms with Gasteiger partial charge in [-0.2, -0.15) is 0 Å². The lowest BCUT2D eigenvalue weighted by Crippen LogP contribution is -2.07. The van der Waals surface area contributed by atoms with Crippen LogP contribution in [0.5, 0.6) is 5.75 Å². The summed E-state index contributed by atoms with van der Waals surface area (Å²) < 4.78 is 9.71. The first-order valence-corrected chi connectivity index (χ1v) is 6.72. The highest BCUT2D eigenvalue weighted by molar-refractivity contribution is 5.86. The molecule has 0 aliphatic rings. The van der Waals surface area contributed by atoms with Crippen molar-refractivity contribution in [2.24, 2.45) is 0 Å². The number of methoxy groups -OCH3 is 1. The van der Waals surface area contributed by atoms with Crippen LogP contribution in [0.3, 0.4) is 0 Å². The van der Waals surface area contributed by atoms with E-state index in [1.54, 1.807) is 30.3 Å². The monoisotopic (exact) mass is 276 g/mol. The van der Waals surface area contributed by atoms with E-state index in [1.807, 2.05) is 0 Å². The summed E-state index contributed by atoms with van der Waals surface area (Å²) in [6.07, 6.45) is 6.39. The van der Waals surface area contributed by atoms with Crippen molar-refractivity contribution < 1.29 is 19.1 Å². The Morgan fingerprint density at radius 3 is 2.45 bits per heavy atom. The molecule has 4 heteroatoms. The van der Waals surface area contributed by atoms with Crippen LogP contribution in [0.1, 0.15) is 38.2 Å². The van der Waals surface area contributed by atoms with Crippen LogP contribution in [0.2, 0.25) is 0 Å². The number of rotatable bonds is 7. The largest absolute Gasteiger partial charge is 0.466 e. The summed E-state index contributed by atoms with van der Waals surface area (Å²) in [5.41, 5.74) is 0.834. The van der Waals surface area contributed by atoms with Crippen molar-refractivity contribution in [3.05, 3.63) is 35.9 Å². The maximum absolute atomic E-state index is 11.5. The molecule has 0 aliphatic heterocycles. The van der Waals surface area contributed by atoms with Gasteiger partial charge in [-0.05, 0) is 30.2 Å². The van der Waals surface area contributed by atoms with Gasteiger partial charge in [-0.1, -0.05) is 31.9 Å². The fourth-order valence-electron chi connectivity index (χ4n) is 1.58. The number of hydrogen-bond acceptors (Lipinski definition) is 4. The second-order valence-electron chi connectivity index (χ2n) is 4.36. The summed E-state index contributed by atoms with van der Waals surface area (Å²) in [5, 5.41) is 0. The van der Waals surface area contributed by atoms with Crippen LogP contribution in [0, 0.1) is 0 Å². The topological polar surface area (TPSA) is 52.6 Å². The van der Waals surface area contributed by atoms with Crippen LogP contribution >= 0.6 is 0 Å². The van der Waals surface area contributed by atoms with Crippen molar-refractivity contribution >= 4 is 18.0 Å². The minimum Gasteiger partial charge on any atom is -0.466 e. The van der Waals surface area contributed by atoms with Crippen LogP contribution in [-0.4, -0.2) is 19.0 Å². The third-order valence-electron chi connectivity index (χ3n) is 2.71. The lowest BCUT2D eigenvalue weighted by molar-refractivity contribution is -0.135. The van der Waals surface area contributed by atoms with E-state index in [4.69, 9.17) is 4.74 Å². The molecule has 0 atom stereocenters. The molecule has 0 aromatic heterocycles. The van der Waals surface area contributed by atoms with Crippen molar-refractivity contribution in [1.29, 1.82) is 0 Å². The van der Waals surface area contributed by atoms with Gasteiger partial charge >= 0.3 is 11.9 Å². The molecule has 1 aromatic carbocycles. The fraction of sp³-hybridized carbons (Fsp3) is 0.375. The number of hydrogen-bond donors (Lipinski definition) is 0. The second kappa shape index (κ2) is 8.91. The SMILES string of the molecule is CCCCCC(=O)Oc1ccc(/C=C/C(=O)OC)cc1. The summed E-state index contributed by atoms with van der Waals surface area (Å²) in [4.78, 5) is 22.5. The summed E-state index contributed by atoms with van der Waals surface area (Å²) in [7, 11) is 1.33. The Hall–Kier alpha value is -2.10. The first-order chi connectivity index (χ1) is 9.65. The third kappa shape index (κ3) is 6.18. The first-order valence-electron chi connectivity index (χ1n) is 6.72. The van der Waals surface area contributed by atoms with E-state index >= 15 is 0 Å². The molecule has 0 radical (unpaired) electrons. The van der Waals surface area contributed by atoms with E-state index in [1.165, 1.54) is 13.2 Å². The number of unbranched alkanes of at least 4 members (excludes halogenated alkanes) is 2. The highest BCUT2D eigenvalue weighted by Gasteiger charge is 2.04. The number of ether oxygens (including phenoxy) is 2. The molecule has 0 saturated heterocycles. The van der Waals surface area contributed by atoms with E-state index < -0.39 is 5.97 Å². The summed E-state index contributed by atoms with van der Waals surface area (Å²) >= 11 is 0. The van der Waals surface area contributed by atoms with Gasteiger partial charge in [0.15, 0.2) is 0 Å². The van der Waals surface area contributed by atoms with E-state index in [9.17, 15) is 9.59 Å². The zero-order chi connectivity index (χ0) is 14.8. The lowest BCUT2D eigenvalue weighted by Gasteiger charge is -2.04. The fourth-order valence-corrected chi connectivity index (χ4v) is 1.58. The Balaban J connectivity index is 2.48. The lowest BCUT2D eigenvalue weighted by atomic mass is 10.2. The van der Waals surface area contributed by atoms with E-state index in [-0.39, 0.29) is 5.97 Å². The standard InChI is InChI=1S/C16H20O4/c1-3-4-5-6-16(18)20-14-10-7-13(8-11-14)9-12-15(17)19-2/h7-12H,3-6H2,1-2H3/b12-9+. The molecule has 20 heavy (non-hydrogen) atoms. The molecule has 4 nitrogen and oxygen atoms in total. The van der Waals surface area contributed by atoms with Crippen molar-refractivity contribution in [2.45, 2.75) is 32.6 Å². The molecule has 0 amide bonds. The Bertz CT molecular complexity index is 460. The Morgan fingerprint density at radius 2 is 1.85 bits per heavy atom. The molecule has 0 heterocycles. The van der Waals surface area contributed by atoms with Crippen molar-refractivity contribution in [2.75, 3.05) is 7.11 Å². The summed E-state index contributed by atoms with van der Waals surface area (Å²) in [5.74, 6) is -0.102. The van der Waals surface area contributed by atoms with Crippen molar-refractivity contribution in [3.63, 3.8) is 0 Å². The number of benzene rings is 1. The molecule has 0 unspecified atom stereocenters. The minimum atomic E-state index is -0.406.